The highest BCUT2D eigenvalue weighted by atomic mass is 35.5. The summed E-state index contributed by atoms with van der Waals surface area (Å²) in [6.07, 6.45) is 0.778. The van der Waals surface area contributed by atoms with E-state index >= 15 is 0 Å². The third-order valence-electron chi connectivity index (χ3n) is 3.77. The first kappa shape index (κ1) is 19.5. The molecule has 27 heavy (non-hydrogen) atoms. The fraction of sp³-hybridized carbons (Fsp3) is 0.158. The van der Waals surface area contributed by atoms with Gasteiger partial charge in [-0.2, -0.15) is 0 Å². The molecule has 0 aliphatic heterocycles. The second-order valence-corrected chi connectivity index (χ2v) is 8.28. The molecule has 1 aromatic carbocycles. The number of rotatable bonds is 6. The zero-order valence-corrected chi connectivity index (χ0v) is 16.7. The molecule has 2 heterocycles. The molecule has 0 saturated heterocycles. The van der Waals surface area contributed by atoms with Gasteiger partial charge in [-0.1, -0.05) is 17.7 Å². The Balaban J connectivity index is 1.63. The Kier molecular flexibility index (Phi) is 6.26. The molecule has 0 saturated carbocycles. The first-order valence-corrected chi connectivity index (χ1v) is 10.2. The number of halogens is 2. The number of hydrogen-bond donors (Lipinski definition) is 2. The van der Waals surface area contributed by atoms with Gasteiger partial charge in [-0.25, -0.2) is 4.39 Å². The number of aryl methyl sites for hydroxylation is 1. The van der Waals surface area contributed by atoms with Crippen LogP contribution in [0.3, 0.4) is 0 Å². The van der Waals surface area contributed by atoms with Crippen LogP contribution in [-0.2, 0) is 6.42 Å². The Hall–Kier alpha value is -2.22. The van der Waals surface area contributed by atoms with E-state index in [1.807, 2.05) is 24.4 Å². The van der Waals surface area contributed by atoms with Crippen molar-refractivity contribution in [3.8, 4) is 0 Å². The standard InChI is InChI=1S/C19H16ClFN2O2S2/c1-11-9-16(23-18(24)14-5-4-12(21)10-15(14)20)27-17(11)19(25)22-7-6-13-3-2-8-26-13/h2-5,8-10H,6-7H2,1H3,(H,22,25)(H,23,24). The molecule has 140 valence electrons. The Morgan fingerprint density at radius 1 is 1.19 bits per heavy atom. The average Bonchev–Trinajstić information content (AvgIpc) is 3.24. The summed E-state index contributed by atoms with van der Waals surface area (Å²) in [4.78, 5) is 26.5. The quantitative estimate of drug-likeness (QED) is 0.578. The molecule has 0 radical (unpaired) electrons. The van der Waals surface area contributed by atoms with Gasteiger partial charge in [-0.05, 0) is 54.6 Å². The molecular formula is C19H16ClFN2O2S2. The van der Waals surface area contributed by atoms with E-state index in [4.69, 9.17) is 11.6 Å². The summed E-state index contributed by atoms with van der Waals surface area (Å²) in [5.74, 6) is -1.13. The van der Waals surface area contributed by atoms with Gasteiger partial charge in [0.15, 0.2) is 0 Å². The van der Waals surface area contributed by atoms with Gasteiger partial charge in [0.1, 0.15) is 5.82 Å². The van der Waals surface area contributed by atoms with Gasteiger partial charge in [0.25, 0.3) is 11.8 Å². The highest BCUT2D eigenvalue weighted by molar-refractivity contribution is 7.18. The van der Waals surface area contributed by atoms with Crippen LogP contribution in [0.1, 0.15) is 30.5 Å². The monoisotopic (exact) mass is 422 g/mol. The van der Waals surface area contributed by atoms with Crippen LogP contribution in [0.5, 0.6) is 0 Å². The first-order chi connectivity index (χ1) is 12.9. The van der Waals surface area contributed by atoms with Crippen molar-refractivity contribution in [1.82, 2.24) is 5.32 Å². The molecule has 0 fully saturated rings. The van der Waals surface area contributed by atoms with Crippen molar-refractivity contribution < 1.29 is 14.0 Å². The van der Waals surface area contributed by atoms with E-state index in [2.05, 4.69) is 10.6 Å². The van der Waals surface area contributed by atoms with E-state index in [1.54, 1.807) is 17.4 Å². The lowest BCUT2D eigenvalue weighted by Crippen LogP contribution is -2.25. The van der Waals surface area contributed by atoms with Gasteiger partial charge in [-0.15, -0.1) is 22.7 Å². The van der Waals surface area contributed by atoms with Crippen molar-refractivity contribution >= 4 is 51.1 Å². The smallest absolute Gasteiger partial charge is 0.261 e. The molecule has 0 atom stereocenters. The molecule has 0 aliphatic rings. The summed E-state index contributed by atoms with van der Waals surface area (Å²) in [5, 5.41) is 8.17. The third-order valence-corrected chi connectivity index (χ3v) is 6.17. The Morgan fingerprint density at radius 2 is 2.00 bits per heavy atom. The number of amides is 2. The predicted molar refractivity (Wildman–Crippen MR) is 109 cm³/mol. The molecule has 2 amide bonds. The molecule has 3 aromatic rings. The minimum Gasteiger partial charge on any atom is -0.351 e. The third kappa shape index (κ3) is 4.94. The summed E-state index contributed by atoms with van der Waals surface area (Å²) >= 11 is 8.76. The maximum Gasteiger partial charge on any atom is 0.261 e. The maximum absolute atomic E-state index is 13.1. The van der Waals surface area contributed by atoms with Crippen LogP contribution in [0.15, 0.2) is 41.8 Å². The maximum atomic E-state index is 13.1. The SMILES string of the molecule is Cc1cc(NC(=O)c2ccc(F)cc2Cl)sc1C(=O)NCCc1cccs1. The van der Waals surface area contributed by atoms with Crippen molar-refractivity contribution in [3.05, 3.63) is 73.5 Å². The van der Waals surface area contributed by atoms with Crippen LogP contribution in [0.25, 0.3) is 0 Å². The highest BCUT2D eigenvalue weighted by Crippen LogP contribution is 2.28. The van der Waals surface area contributed by atoms with E-state index in [0.29, 0.717) is 16.4 Å². The minimum atomic E-state index is -0.509. The van der Waals surface area contributed by atoms with E-state index in [1.165, 1.54) is 28.3 Å². The fourth-order valence-electron chi connectivity index (χ4n) is 2.46. The number of hydrogen-bond acceptors (Lipinski definition) is 4. The second kappa shape index (κ2) is 8.65. The topological polar surface area (TPSA) is 58.2 Å². The van der Waals surface area contributed by atoms with Crippen molar-refractivity contribution in [3.63, 3.8) is 0 Å². The molecule has 2 aromatic heterocycles. The Labute approximate surface area is 169 Å². The highest BCUT2D eigenvalue weighted by Gasteiger charge is 2.17. The molecule has 0 spiro atoms. The van der Waals surface area contributed by atoms with Crippen molar-refractivity contribution in [2.24, 2.45) is 0 Å². The zero-order chi connectivity index (χ0) is 19.4. The van der Waals surface area contributed by atoms with Crippen LogP contribution < -0.4 is 10.6 Å². The molecular weight excluding hydrogens is 407 g/mol. The van der Waals surface area contributed by atoms with Crippen LogP contribution in [0.2, 0.25) is 5.02 Å². The number of benzene rings is 1. The number of thiophene rings is 2. The molecule has 2 N–H and O–H groups in total. The fourth-order valence-corrected chi connectivity index (χ4v) is 4.40. The summed E-state index contributed by atoms with van der Waals surface area (Å²) in [6, 6.07) is 9.32. The van der Waals surface area contributed by atoms with Crippen molar-refractivity contribution in [1.29, 1.82) is 0 Å². The van der Waals surface area contributed by atoms with Crippen LogP contribution in [0.4, 0.5) is 9.39 Å². The van der Waals surface area contributed by atoms with Crippen LogP contribution in [0, 0.1) is 12.7 Å². The van der Waals surface area contributed by atoms with Crippen LogP contribution >= 0.6 is 34.3 Å². The predicted octanol–water partition coefficient (Wildman–Crippen LogP) is 5.14. The molecule has 0 bridgehead atoms. The van der Waals surface area contributed by atoms with Gasteiger partial charge in [0.05, 0.1) is 20.5 Å². The normalized spacial score (nSPS) is 10.6. The summed E-state index contributed by atoms with van der Waals surface area (Å²) in [6.45, 7) is 2.36. The van der Waals surface area contributed by atoms with Gasteiger partial charge in [0.2, 0.25) is 0 Å². The van der Waals surface area contributed by atoms with Gasteiger partial charge in [0, 0.05) is 11.4 Å². The van der Waals surface area contributed by atoms with Crippen molar-refractivity contribution in [2.45, 2.75) is 13.3 Å². The number of nitrogens with one attached hydrogen (secondary N) is 2. The van der Waals surface area contributed by atoms with E-state index in [0.717, 1.165) is 18.1 Å². The van der Waals surface area contributed by atoms with Gasteiger partial charge < -0.3 is 10.6 Å². The molecule has 4 nitrogen and oxygen atoms in total. The Bertz CT molecular complexity index is 970. The van der Waals surface area contributed by atoms with Gasteiger partial charge >= 0.3 is 0 Å². The van der Waals surface area contributed by atoms with Gasteiger partial charge in [-0.3, -0.25) is 9.59 Å². The molecule has 0 unspecified atom stereocenters. The number of carbonyl (C=O) groups is 2. The van der Waals surface area contributed by atoms with Crippen LogP contribution in [-0.4, -0.2) is 18.4 Å². The summed E-state index contributed by atoms with van der Waals surface area (Å²) < 4.78 is 13.1. The second-order valence-electron chi connectivity index (χ2n) is 5.79. The van der Waals surface area contributed by atoms with E-state index in [-0.39, 0.29) is 16.5 Å². The lowest BCUT2D eigenvalue weighted by Gasteiger charge is -2.05. The lowest BCUT2D eigenvalue weighted by atomic mass is 10.2. The van der Waals surface area contributed by atoms with Crippen molar-refractivity contribution in [2.75, 3.05) is 11.9 Å². The molecule has 0 aliphatic carbocycles. The minimum absolute atomic E-state index is 0.0346. The number of carbonyl (C=O) groups excluding carboxylic acids is 2. The number of anilines is 1. The van der Waals surface area contributed by atoms with E-state index < -0.39 is 11.7 Å². The van der Waals surface area contributed by atoms with E-state index in [9.17, 15) is 14.0 Å². The Morgan fingerprint density at radius 3 is 2.70 bits per heavy atom. The average molecular weight is 423 g/mol. The summed E-state index contributed by atoms with van der Waals surface area (Å²) in [5.41, 5.74) is 0.945. The summed E-state index contributed by atoms with van der Waals surface area (Å²) in [7, 11) is 0. The molecule has 8 heteroatoms. The largest absolute Gasteiger partial charge is 0.351 e. The molecule has 3 rings (SSSR count). The zero-order valence-electron chi connectivity index (χ0n) is 14.3. The lowest BCUT2D eigenvalue weighted by molar-refractivity contribution is 0.0956. The first-order valence-electron chi connectivity index (χ1n) is 8.11.